The highest BCUT2D eigenvalue weighted by Crippen LogP contribution is 2.27. The fourth-order valence-electron chi connectivity index (χ4n) is 1.51. The van der Waals surface area contributed by atoms with Gasteiger partial charge in [0, 0.05) is 4.47 Å². The Hall–Kier alpha value is -2.17. The summed E-state index contributed by atoms with van der Waals surface area (Å²) in [6.07, 6.45) is 0. The molecule has 1 N–H and O–H groups in total. The SMILES string of the molecule is N#Cc1ccc(Br)cc1Nc1cc([N+](=O)[O-])cc(Cl)n1. The Balaban J connectivity index is 2.42. The van der Waals surface area contributed by atoms with Crippen LogP contribution in [0.1, 0.15) is 5.56 Å². The zero-order valence-corrected chi connectivity index (χ0v) is 12.1. The van der Waals surface area contributed by atoms with E-state index in [1.54, 1.807) is 18.2 Å². The van der Waals surface area contributed by atoms with Crippen molar-refractivity contribution < 1.29 is 4.92 Å². The minimum Gasteiger partial charge on any atom is -0.339 e. The molecule has 6 nitrogen and oxygen atoms in total. The maximum absolute atomic E-state index is 10.8. The van der Waals surface area contributed by atoms with Gasteiger partial charge in [0.05, 0.1) is 28.3 Å². The molecule has 20 heavy (non-hydrogen) atoms. The highest BCUT2D eigenvalue weighted by atomic mass is 79.9. The minimum absolute atomic E-state index is 0.00444. The van der Waals surface area contributed by atoms with E-state index in [0.717, 1.165) is 10.5 Å². The molecule has 0 aliphatic rings. The van der Waals surface area contributed by atoms with E-state index in [1.165, 1.54) is 6.07 Å². The minimum atomic E-state index is -0.565. The Labute approximate surface area is 127 Å². The van der Waals surface area contributed by atoms with Gasteiger partial charge in [-0.25, -0.2) is 4.98 Å². The molecule has 2 aromatic rings. The van der Waals surface area contributed by atoms with Crippen LogP contribution >= 0.6 is 27.5 Å². The fraction of sp³-hybridized carbons (Fsp3) is 0. The Morgan fingerprint density at radius 1 is 1.40 bits per heavy atom. The molecule has 1 heterocycles. The van der Waals surface area contributed by atoms with E-state index < -0.39 is 4.92 Å². The Morgan fingerprint density at radius 2 is 2.15 bits per heavy atom. The third kappa shape index (κ3) is 3.23. The van der Waals surface area contributed by atoms with E-state index in [4.69, 9.17) is 16.9 Å². The smallest absolute Gasteiger partial charge is 0.276 e. The first-order valence-electron chi connectivity index (χ1n) is 5.28. The van der Waals surface area contributed by atoms with E-state index in [1.807, 2.05) is 6.07 Å². The number of pyridine rings is 1. The number of benzene rings is 1. The number of hydrogen-bond acceptors (Lipinski definition) is 5. The Bertz CT molecular complexity index is 730. The second kappa shape index (κ2) is 5.86. The van der Waals surface area contributed by atoms with E-state index in [0.29, 0.717) is 11.3 Å². The highest BCUT2D eigenvalue weighted by molar-refractivity contribution is 9.10. The molecule has 0 bridgehead atoms. The lowest BCUT2D eigenvalue weighted by atomic mass is 10.2. The molecular formula is C12H6BrClN4O2. The Kier molecular flexibility index (Phi) is 4.17. The van der Waals surface area contributed by atoms with Crippen molar-refractivity contribution >= 4 is 44.7 Å². The summed E-state index contributed by atoms with van der Waals surface area (Å²) in [5.74, 6) is 0.193. The summed E-state index contributed by atoms with van der Waals surface area (Å²) < 4.78 is 0.760. The van der Waals surface area contributed by atoms with Crippen LogP contribution in [0.5, 0.6) is 0 Å². The topological polar surface area (TPSA) is 91.8 Å². The van der Waals surface area contributed by atoms with Crippen molar-refractivity contribution in [3.63, 3.8) is 0 Å². The number of nitrogens with zero attached hydrogens (tertiary/aromatic N) is 3. The van der Waals surface area contributed by atoms with Crippen LogP contribution in [0.15, 0.2) is 34.8 Å². The predicted molar refractivity (Wildman–Crippen MR) is 78.0 cm³/mol. The zero-order valence-electron chi connectivity index (χ0n) is 9.80. The second-order valence-electron chi connectivity index (χ2n) is 3.72. The van der Waals surface area contributed by atoms with Gasteiger partial charge in [-0.1, -0.05) is 27.5 Å². The molecule has 0 saturated heterocycles. The lowest BCUT2D eigenvalue weighted by Crippen LogP contribution is -1.98. The van der Waals surface area contributed by atoms with E-state index in [-0.39, 0.29) is 16.7 Å². The quantitative estimate of drug-likeness (QED) is 0.511. The summed E-state index contributed by atoms with van der Waals surface area (Å²) >= 11 is 9.02. The van der Waals surface area contributed by atoms with Gasteiger partial charge in [-0.15, -0.1) is 0 Å². The molecule has 0 aliphatic heterocycles. The number of nitrogens with one attached hydrogen (secondary N) is 1. The van der Waals surface area contributed by atoms with Gasteiger partial charge in [0.25, 0.3) is 5.69 Å². The van der Waals surface area contributed by atoms with E-state index >= 15 is 0 Å². The molecule has 8 heteroatoms. The van der Waals surface area contributed by atoms with Crippen molar-refractivity contribution in [1.29, 1.82) is 5.26 Å². The van der Waals surface area contributed by atoms with Gasteiger partial charge in [-0.2, -0.15) is 5.26 Å². The normalized spacial score (nSPS) is 9.85. The summed E-state index contributed by atoms with van der Waals surface area (Å²) in [4.78, 5) is 14.1. The molecule has 0 unspecified atom stereocenters. The number of nitriles is 1. The lowest BCUT2D eigenvalue weighted by Gasteiger charge is -2.08. The summed E-state index contributed by atoms with van der Waals surface area (Å²) in [6, 6.07) is 9.42. The van der Waals surface area contributed by atoms with Crippen molar-refractivity contribution in [1.82, 2.24) is 4.98 Å². The average molecular weight is 354 g/mol. The number of hydrogen-bond donors (Lipinski definition) is 1. The van der Waals surface area contributed by atoms with Crippen LogP contribution in [0.25, 0.3) is 0 Å². The molecule has 0 atom stereocenters. The molecule has 0 amide bonds. The molecule has 0 radical (unpaired) electrons. The number of rotatable bonds is 3. The van der Waals surface area contributed by atoms with Crippen LogP contribution in [-0.2, 0) is 0 Å². The third-order valence-corrected chi connectivity index (χ3v) is 3.04. The molecule has 1 aromatic heterocycles. The van der Waals surface area contributed by atoms with E-state index in [9.17, 15) is 10.1 Å². The number of anilines is 2. The third-order valence-electron chi connectivity index (χ3n) is 2.35. The van der Waals surface area contributed by atoms with Crippen molar-refractivity contribution in [2.24, 2.45) is 0 Å². The van der Waals surface area contributed by atoms with Crippen molar-refractivity contribution in [3.8, 4) is 6.07 Å². The Morgan fingerprint density at radius 3 is 2.80 bits per heavy atom. The summed E-state index contributed by atoms with van der Waals surface area (Å²) in [5.41, 5.74) is 0.685. The van der Waals surface area contributed by atoms with Crippen LogP contribution in [0.2, 0.25) is 5.15 Å². The molecule has 1 aromatic carbocycles. The maximum Gasteiger partial charge on any atom is 0.276 e. The zero-order chi connectivity index (χ0) is 14.7. The average Bonchev–Trinajstić information content (AvgIpc) is 2.38. The second-order valence-corrected chi connectivity index (χ2v) is 5.02. The van der Waals surface area contributed by atoms with Crippen LogP contribution in [0.3, 0.4) is 0 Å². The lowest BCUT2D eigenvalue weighted by molar-refractivity contribution is -0.384. The molecule has 0 fully saturated rings. The van der Waals surface area contributed by atoms with Gasteiger partial charge in [0.15, 0.2) is 0 Å². The van der Waals surface area contributed by atoms with Crippen molar-refractivity contribution in [3.05, 3.63) is 55.6 Å². The molecule has 2 rings (SSSR count). The van der Waals surface area contributed by atoms with E-state index in [2.05, 4.69) is 26.2 Å². The largest absolute Gasteiger partial charge is 0.339 e. The van der Waals surface area contributed by atoms with Crippen LogP contribution in [0.4, 0.5) is 17.2 Å². The molecule has 100 valence electrons. The first kappa shape index (κ1) is 14.2. The molecular weight excluding hydrogens is 348 g/mol. The summed E-state index contributed by atoms with van der Waals surface area (Å²) in [6.45, 7) is 0. The summed E-state index contributed by atoms with van der Waals surface area (Å²) in [5, 5.41) is 22.6. The van der Waals surface area contributed by atoms with Gasteiger partial charge in [-0.05, 0) is 18.2 Å². The van der Waals surface area contributed by atoms with Gasteiger partial charge < -0.3 is 5.32 Å². The van der Waals surface area contributed by atoms with Gasteiger partial charge >= 0.3 is 0 Å². The first-order chi connectivity index (χ1) is 9.49. The van der Waals surface area contributed by atoms with Crippen LogP contribution in [-0.4, -0.2) is 9.91 Å². The molecule has 0 saturated carbocycles. The first-order valence-corrected chi connectivity index (χ1v) is 6.45. The predicted octanol–water partition coefficient (Wildman–Crippen LogP) is 4.02. The van der Waals surface area contributed by atoms with Gasteiger partial charge in [0.2, 0.25) is 0 Å². The van der Waals surface area contributed by atoms with Crippen LogP contribution < -0.4 is 5.32 Å². The number of halogens is 2. The van der Waals surface area contributed by atoms with Crippen molar-refractivity contribution in [2.45, 2.75) is 0 Å². The highest BCUT2D eigenvalue weighted by Gasteiger charge is 2.11. The monoisotopic (exact) mass is 352 g/mol. The van der Waals surface area contributed by atoms with Gasteiger partial charge in [-0.3, -0.25) is 10.1 Å². The number of aromatic nitrogens is 1. The van der Waals surface area contributed by atoms with Crippen LogP contribution in [0, 0.1) is 21.4 Å². The maximum atomic E-state index is 10.8. The fourth-order valence-corrected chi connectivity index (χ4v) is 2.07. The number of nitro groups is 1. The summed E-state index contributed by atoms with van der Waals surface area (Å²) in [7, 11) is 0. The standard InChI is InChI=1S/C12H6BrClN4O2/c13-8-2-1-7(6-15)10(3-8)16-12-5-9(18(19)20)4-11(14)17-12/h1-5H,(H,16,17). The van der Waals surface area contributed by atoms with Gasteiger partial charge in [0.1, 0.15) is 17.0 Å². The van der Waals surface area contributed by atoms with Crippen molar-refractivity contribution in [2.75, 3.05) is 5.32 Å². The molecule has 0 spiro atoms. The molecule has 0 aliphatic carbocycles.